The predicted molar refractivity (Wildman–Crippen MR) is 37.8 cm³/mol. The van der Waals surface area contributed by atoms with E-state index in [1.54, 1.807) is 18.3 Å². The second-order valence-corrected chi connectivity index (χ2v) is 1.38. The minimum atomic E-state index is -0.0602. The molecule has 1 rings (SSSR count). The van der Waals surface area contributed by atoms with Crippen LogP contribution in [0.4, 0.5) is 0 Å². The van der Waals surface area contributed by atoms with Crippen molar-refractivity contribution in [2.75, 3.05) is 0 Å². The molecule has 3 heteroatoms. The fourth-order valence-electron chi connectivity index (χ4n) is 0.409. The van der Waals surface area contributed by atoms with Crippen LogP contribution < -0.4 is 5.43 Å². The number of rotatable bonds is 0. The maximum atomic E-state index is 10.4. The molecule has 9 heavy (non-hydrogen) atoms. The summed E-state index contributed by atoms with van der Waals surface area (Å²) < 4.78 is 0. The summed E-state index contributed by atoms with van der Waals surface area (Å²) in [7, 11) is 0. The minimum absolute atomic E-state index is 0. The molecule has 48 valence electrons. The third kappa shape index (κ3) is 2.82. The van der Waals surface area contributed by atoms with Crippen LogP contribution in [0, 0.1) is 0 Å². The average Bonchev–Trinajstić information content (AvgIpc) is 1.94. The molecule has 0 radical (unpaired) electrons. The molecule has 0 saturated heterocycles. The van der Waals surface area contributed by atoms with Crippen LogP contribution in [-0.4, -0.2) is 4.98 Å². The minimum Gasteiger partial charge on any atom is -0.288 e. The standard InChI is InChI=1S/C6H5NO.ClH/c8-6-3-1-2-4-7-5-6;/h1-5H;1H. The van der Waals surface area contributed by atoms with Crippen molar-refractivity contribution in [2.24, 2.45) is 0 Å². The third-order valence-electron chi connectivity index (χ3n) is 0.746. The molecule has 0 aromatic carbocycles. The zero-order valence-electron chi connectivity index (χ0n) is 4.65. The van der Waals surface area contributed by atoms with Gasteiger partial charge in [-0.05, 0) is 12.1 Å². The van der Waals surface area contributed by atoms with E-state index in [9.17, 15) is 4.79 Å². The fourth-order valence-corrected chi connectivity index (χ4v) is 0.409. The Balaban J connectivity index is 0.000000640. The number of hydrogen-bond acceptors (Lipinski definition) is 2. The van der Waals surface area contributed by atoms with E-state index in [2.05, 4.69) is 4.98 Å². The smallest absolute Gasteiger partial charge is 0.196 e. The van der Waals surface area contributed by atoms with Crippen molar-refractivity contribution in [3.05, 3.63) is 40.8 Å². The molecule has 1 heterocycles. The van der Waals surface area contributed by atoms with Crippen molar-refractivity contribution in [1.29, 1.82) is 0 Å². The molecule has 2 nitrogen and oxygen atoms in total. The second kappa shape index (κ2) is 4.04. The molecule has 0 atom stereocenters. The Labute approximate surface area is 59.0 Å². The largest absolute Gasteiger partial charge is 0.288 e. The number of nitrogens with zero attached hydrogens (tertiary/aromatic N) is 1. The third-order valence-corrected chi connectivity index (χ3v) is 0.746. The lowest BCUT2D eigenvalue weighted by Gasteiger charge is -1.56. The summed E-state index contributed by atoms with van der Waals surface area (Å²) in [5, 5.41) is 0. The molecule has 1 aromatic heterocycles. The van der Waals surface area contributed by atoms with Crippen LogP contribution in [0.2, 0.25) is 0 Å². The Kier molecular flexibility index (Phi) is 3.64. The summed E-state index contributed by atoms with van der Waals surface area (Å²) >= 11 is 0. The van der Waals surface area contributed by atoms with Gasteiger partial charge in [0.2, 0.25) is 0 Å². The molecule has 0 aliphatic heterocycles. The zero-order chi connectivity index (χ0) is 5.82. The first kappa shape index (κ1) is 8.11. The van der Waals surface area contributed by atoms with Crippen LogP contribution in [0.15, 0.2) is 35.4 Å². The number of aromatic nitrogens is 1. The highest BCUT2D eigenvalue weighted by atomic mass is 35.5. The normalized spacial score (nSPS) is 7.56. The predicted octanol–water partition coefficient (Wildman–Crippen LogP) is 0.864. The van der Waals surface area contributed by atoms with Gasteiger partial charge in [0.25, 0.3) is 0 Å². The first-order chi connectivity index (χ1) is 3.89. The highest BCUT2D eigenvalue weighted by Gasteiger charge is 1.70. The summed E-state index contributed by atoms with van der Waals surface area (Å²) in [4.78, 5) is 14.0. The molecule has 0 N–H and O–H groups in total. The number of hydrogen-bond donors (Lipinski definition) is 0. The second-order valence-electron chi connectivity index (χ2n) is 1.38. The Morgan fingerprint density at radius 3 is 2.89 bits per heavy atom. The molecule has 0 saturated carbocycles. The van der Waals surface area contributed by atoms with Gasteiger partial charge in [-0.3, -0.25) is 9.78 Å². The Hall–Kier alpha value is -0.890. The van der Waals surface area contributed by atoms with Gasteiger partial charge in [0.1, 0.15) is 0 Å². The highest BCUT2D eigenvalue weighted by molar-refractivity contribution is 5.85. The molecule has 0 fully saturated rings. The summed E-state index contributed by atoms with van der Waals surface area (Å²) in [5.41, 5.74) is -0.0602. The van der Waals surface area contributed by atoms with E-state index in [1.165, 1.54) is 12.3 Å². The molecule has 0 bridgehead atoms. The maximum Gasteiger partial charge on any atom is 0.196 e. The van der Waals surface area contributed by atoms with E-state index in [0.29, 0.717) is 0 Å². The van der Waals surface area contributed by atoms with Gasteiger partial charge in [-0.2, -0.15) is 0 Å². The van der Waals surface area contributed by atoms with Gasteiger partial charge >= 0.3 is 0 Å². The molecule has 0 amide bonds. The van der Waals surface area contributed by atoms with Gasteiger partial charge < -0.3 is 0 Å². The van der Waals surface area contributed by atoms with Gasteiger partial charge in [0.05, 0.1) is 6.20 Å². The van der Waals surface area contributed by atoms with Crippen LogP contribution >= 0.6 is 12.4 Å². The van der Waals surface area contributed by atoms with Crippen molar-refractivity contribution in [2.45, 2.75) is 0 Å². The SMILES string of the molecule is Cl.O=c1ccccnc1. The molecular formula is C6H6ClNO. The lowest BCUT2D eigenvalue weighted by Crippen LogP contribution is -1.89. The van der Waals surface area contributed by atoms with E-state index in [4.69, 9.17) is 0 Å². The Morgan fingerprint density at radius 2 is 2.11 bits per heavy atom. The lowest BCUT2D eigenvalue weighted by atomic mass is 10.5. The van der Waals surface area contributed by atoms with E-state index < -0.39 is 0 Å². The molecule has 0 spiro atoms. The van der Waals surface area contributed by atoms with Gasteiger partial charge in [-0.15, -0.1) is 12.4 Å². The first-order valence-corrected chi connectivity index (χ1v) is 2.30. The van der Waals surface area contributed by atoms with Gasteiger partial charge in [0, 0.05) is 6.20 Å². The van der Waals surface area contributed by atoms with Crippen molar-refractivity contribution in [3.8, 4) is 0 Å². The molecule has 0 unspecified atom stereocenters. The zero-order valence-corrected chi connectivity index (χ0v) is 5.47. The summed E-state index contributed by atoms with van der Waals surface area (Å²) in [5.74, 6) is 0. The van der Waals surface area contributed by atoms with E-state index in [0.717, 1.165) is 0 Å². The monoisotopic (exact) mass is 143 g/mol. The van der Waals surface area contributed by atoms with Crippen LogP contribution in [0.5, 0.6) is 0 Å². The summed E-state index contributed by atoms with van der Waals surface area (Å²) in [6, 6.07) is 4.84. The Morgan fingerprint density at radius 1 is 1.33 bits per heavy atom. The van der Waals surface area contributed by atoms with E-state index in [-0.39, 0.29) is 17.8 Å². The summed E-state index contributed by atoms with van der Waals surface area (Å²) in [6.45, 7) is 0. The molecule has 0 aliphatic carbocycles. The van der Waals surface area contributed by atoms with Gasteiger partial charge in [-0.1, -0.05) is 6.07 Å². The van der Waals surface area contributed by atoms with Gasteiger partial charge in [-0.25, -0.2) is 0 Å². The maximum absolute atomic E-state index is 10.4. The van der Waals surface area contributed by atoms with E-state index in [1.807, 2.05) is 0 Å². The first-order valence-electron chi connectivity index (χ1n) is 2.30. The van der Waals surface area contributed by atoms with Crippen molar-refractivity contribution in [1.82, 2.24) is 4.98 Å². The van der Waals surface area contributed by atoms with Crippen molar-refractivity contribution in [3.63, 3.8) is 0 Å². The lowest BCUT2D eigenvalue weighted by molar-refractivity contribution is 1.34. The van der Waals surface area contributed by atoms with E-state index >= 15 is 0 Å². The molecule has 0 aliphatic rings. The fraction of sp³-hybridized carbons (Fsp3) is 0. The number of halogens is 1. The highest BCUT2D eigenvalue weighted by Crippen LogP contribution is 1.68. The van der Waals surface area contributed by atoms with Crippen molar-refractivity contribution < 1.29 is 0 Å². The van der Waals surface area contributed by atoms with Crippen LogP contribution in [0.3, 0.4) is 0 Å². The van der Waals surface area contributed by atoms with Crippen LogP contribution in [0.25, 0.3) is 0 Å². The molecular weight excluding hydrogens is 138 g/mol. The van der Waals surface area contributed by atoms with Crippen LogP contribution in [-0.2, 0) is 0 Å². The summed E-state index contributed by atoms with van der Waals surface area (Å²) in [6.07, 6.45) is 2.85. The van der Waals surface area contributed by atoms with Crippen molar-refractivity contribution >= 4 is 12.4 Å². The van der Waals surface area contributed by atoms with Gasteiger partial charge in [0.15, 0.2) is 5.43 Å². The Bertz CT molecular complexity index is 204. The topological polar surface area (TPSA) is 30.0 Å². The molecule has 1 aromatic rings. The average molecular weight is 144 g/mol. The quantitative estimate of drug-likeness (QED) is 0.539. The van der Waals surface area contributed by atoms with Crippen LogP contribution in [0.1, 0.15) is 0 Å².